The fourth-order valence-electron chi connectivity index (χ4n) is 10.0. The third kappa shape index (κ3) is 4.44. The molecule has 8 atom stereocenters. The number of aliphatic hydroxyl groups is 1. The first-order valence-electron chi connectivity index (χ1n) is 15.4. The molecule has 6 rings (SSSR count). The van der Waals surface area contributed by atoms with Gasteiger partial charge >= 0.3 is 0 Å². The normalized spacial score (nSPS) is 37.9. The van der Waals surface area contributed by atoms with Crippen LogP contribution >= 0.6 is 0 Å². The number of aliphatic hydroxyl groups excluding tert-OH is 1. The van der Waals surface area contributed by atoms with Crippen LogP contribution in [0.3, 0.4) is 0 Å². The lowest BCUT2D eigenvalue weighted by atomic mass is 9.48. The van der Waals surface area contributed by atoms with Crippen LogP contribution in [-0.4, -0.2) is 11.2 Å². The summed E-state index contributed by atoms with van der Waals surface area (Å²) in [6, 6.07) is 22.4. The van der Waals surface area contributed by atoms with Crippen LogP contribution < -0.4 is 0 Å². The standard InChI is InChI=1S/C36H48O/c1-25(14-16-30(26-10-6-4-7-11-26)27-12-8-5-9-13-27)32-18-19-33-31-17-15-28-24-29(37)20-22-35(28,2)34(31)21-23-36(32,33)3/h4-13,21,25,28-33,37H,14-20,22-24H2,1-3H3/t25-,28-,29-,31+,32+,33-,35-,36-/m1/s1. The first-order valence-corrected chi connectivity index (χ1v) is 15.4. The molecule has 4 aliphatic rings. The van der Waals surface area contributed by atoms with Gasteiger partial charge in [0.15, 0.2) is 0 Å². The summed E-state index contributed by atoms with van der Waals surface area (Å²) in [4.78, 5) is 0. The van der Waals surface area contributed by atoms with E-state index in [0.29, 0.717) is 22.7 Å². The maximum absolute atomic E-state index is 10.4. The van der Waals surface area contributed by atoms with Gasteiger partial charge in [-0.05, 0) is 116 Å². The van der Waals surface area contributed by atoms with Crippen LogP contribution in [0, 0.1) is 40.4 Å². The molecule has 198 valence electrons. The smallest absolute Gasteiger partial charge is 0.0543 e. The number of rotatable bonds is 6. The number of allylic oxidation sites excluding steroid dienone is 2. The Hall–Kier alpha value is -1.86. The molecule has 2 aromatic rings. The lowest BCUT2D eigenvalue weighted by Gasteiger charge is -2.57. The van der Waals surface area contributed by atoms with Crippen molar-refractivity contribution < 1.29 is 5.11 Å². The number of fused-ring (bicyclic) bond motifs is 5. The molecular formula is C36H48O. The van der Waals surface area contributed by atoms with Crippen LogP contribution in [0.1, 0.15) is 102 Å². The predicted molar refractivity (Wildman–Crippen MR) is 154 cm³/mol. The zero-order valence-electron chi connectivity index (χ0n) is 23.4. The van der Waals surface area contributed by atoms with Gasteiger partial charge in [-0.15, -0.1) is 0 Å². The van der Waals surface area contributed by atoms with Crippen molar-refractivity contribution in [1.82, 2.24) is 0 Å². The molecule has 3 saturated carbocycles. The van der Waals surface area contributed by atoms with Crippen molar-refractivity contribution in [2.24, 2.45) is 40.4 Å². The minimum atomic E-state index is -0.0589. The van der Waals surface area contributed by atoms with Crippen LogP contribution in [0.4, 0.5) is 0 Å². The van der Waals surface area contributed by atoms with E-state index in [9.17, 15) is 5.11 Å². The summed E-state index contributed by atoms with van der Waals surface area (Å²) in [6.07, 6.45) is 15.3. The minimum Gasteiger partial charge on any atom is -0.393 e. The molecule has 0 amide bonds. The van der Waals surface area contributed by atoms with Gasteiger partial charge < -0.3 is 5.11 Å². The van der Waals surface area contributed by atoms with Gasteiger partial charge in [0.05, 0.1) is 6.10 Å². The average molecular weight is 497 g/mol. The average Bonchev–Trinajstić information content (AvgIpc) is 3.28. The molecule has 0 heterocycles. The fraction of sp³-hybridized carbons (Fsp3) is 0.611. The van der Waals surface area contributed by atoms with E-state index < -0.39 is 0 Å². The van der Waals surface area contributed by atoms with E-state index in [1.165, 1.54) is 62.5 Å². The molecular weight excluding hydrogens is 448 g/mol. The Morgan fingerprint density at radius 1 is 0.838 bits per heavy atom. The Morgan fingerprint density at radius 2 is 1.51 bits per heavy atom. The van der Waals surface area contributed by atoms with E-state index in [0.717, 1.165) is 36.5 Å². The molecule has 0 bridgehead atoms. The van der Waals surface area contributed by atoms with E-state index in [-0.39, 0.29) is 6.10 Å². The minimum absolute atomic E-state index is 0.0589. The Balaban J connectivity index is 1.19. The molecule has 2 aromatic carbocycles. The molecule has 0 aliphatic heterocycles. The highest BCUT2D eigenvalue weighted by Crippen LogP contribution is 2.66. The van der Waals surface area contributed by atoms with E-state index in [2.05, 4.69) is 87.5 Å². The van der Waals surface area contributed by atoms with Gasteiger partial charge in [-0.2, -0.15) is 0 Å². The lowest BCUT2D eigenvalue weighted by molar-refractivity contribution is -0.0158. The third-order valence-electron chi connectivity index (χ3n) is 12.1. The van der Waals surface area contributed by atoms with Crippen LogP contribution in [0.15, 0.2) is 72.3 Å². The summed E-state index contributed by atoms with van der Waals surface area (Å²) in [5, 5.41) is 10.4. The summed E-state index contributed by atoms with van der Waals surface area (Å²) in [6.45, 7) is 7.81. The monoisotopic (exact) mass is 496 g/mol. The van der Waals surface area contributed by atoms with E-state index in [1.807, 2.05) is 5.57 Å². The van der Waals surface area contributed by atoms with Crippen molar-refractivity contribution in [3.05, 3.63) is 83.4 Å². The third-order valence-corrected chi connectivity index (χ3v) is 12.1. The Bertz CT molecular complexity index is 1050. The molecule has 1 heteroatoms. The highest BCUT2D eigenvalue weighted by molar-refractivity contribution is 5.32. The van der Waals surface area contributed by atoms with Crippen molar-refractivity contribution in [2.75, 3.05) is 0 Å². The lowest BCUT2D eigenvalue weighted by Crippen LogP contribution is -2.48. The molecule has 0 saturated heterocycles. The highest BCUT2D eigenvalue weighted by atomic mass is 16.3. The van der Waals surface area contributed by atoms with Crippen LogP contribution in [0.5, 0.6) is 0 Å². The molecule has 0 unspecified atom stereocenters. The molecule has 0 aromatic heterocycles. The van der Waals surface area contributed by atoms with Crippen molar-refractivity contribution >= 4 is 0 Å². The van der Waals surface area contributed by atoms with Crippen molar-refractivity contribution in [3.63, 3.8) is 0 Å². The zero-order chi connectivity index (χ0) is 25.6. The van der Waals surface area contributed by atoms with Gasteiger partial charge in [-0.1, -0.05) is 93.1 Å². The molecule has 0 radical (unpaired) electrons. The Kier molecular flexibility index (Phi) is 6.89. The summed E-state index contributed by atoms with van der Waals surface area (Å²) >= 11 is 0. The van der Waals surface area contributed by atoms with E-state index in [1.54, 1.807) is 0 Å². The molecule has 4 aliphatic carbocycles. The first-order chi connectivity index (χ1) is 17.9. The van der Waals surface area contributed by atoms with Crippen LogP contribution in [-0.2, 0) is 0 Å². The van der Waals surface area contributed by atoms with Crippen LogP contribution in [0.25, 0.3) is 0 Å². The van der Waals surface area contributed by atoms with Gasteiger partial charge in [0, 0.05) is 5.92 Å². The van der Waals surface area contributed by atoms with Gasteiger partial charge in [-0.3, -0.25) is 0 Å². The van der Waals surface area contributed by atoms with Gasteiger partial charge in [-0.25, -0.2) is 0 Å². The highest BCUT2D eigenvalue weighted by Gasteiger charge is 2.57. The second-order valence-corrected chi connectivity index (χ2v) is 13.8. The number of benzene rings is 2. The van der Waals surface area contributed by atoms with Crippen molar-refractivity contribution in [2.45, 2.75) is 97.0 Å². The number of hydrogen-bond donors (Lipinski definition) is 1. The van der Waals surface area contributed by atoms with E-state index >= 15 is 0 Å². The Labute approximate surface area is 225 Å². The summed E-state index contributed by atoms with van der Waals surface area (Å²) in [7, 11) is 0. The maximum Gasteiger partial charge on any atom is 0.0543 e. The quantitative estimate of drug-likeness (QED) is 0.395. The van der Waals surface area contributed by atoms with E-state index in [4.69, 9.17) is 0 Å². The Morgan fingerprint density at radius 3 is 2.19 bits per heavy atom. The zero-order valence-corrected chi connectivity index (χ0v) is 23.4. The molecule has 3 fully saturated rings. The van der Waals surface area contributed by atoms with Crippen molar-refractivity contribution in [1.29, 1.82) is 0 Å². The predicted octanol–water partition coefficient (Wildman–Crippen LogP) is 9.17. The summed E-state index contributed by atoms with van der Waals surface area (Å²) in [5.74, 6) is 4.45. The largest absolute Gasteiger partial charge is 0.393 e. The maximum atomic E-state index is 10.4. The van der Waals surface area contributed by atoms with Gasteiger partial charge in [0.2, 0.25) is 0 Å². The van der Waals surface area contributed by atoms with Gasteiger partial charge in [0.25, 0.3) is 0 Å². The second-order valence-electron chi connectivity index (χ2n) is 13.8. The number of hydrogen-bond acceptors (Lipinski definition) is 1. The van der Waals surface area contributed by atoms with Gasteiger partial charge in [0.1, 0.15) is 0 Å². The molecule has 1 nitrogen and oxygen atoms in total. The summed E-state index contributed by atoms with van der Waals surface area (Å²) in [5.41, 5.74) is 5.55. The topological polar surface area (TPSA) is 20.2 Å². The second kappa shape index (κ2) is 10.0. The first kappa shape index (κ1) is 25.4. The molecule has 0 spiro atoms. The van der Waals surface area contributed by atoms with Crippen molar-refractivity contribution in [3.8, 4) is 0 Å². The molecule has 1 N–H and O–H groups in total. The molecule has 37 heavy (non-hydrogen) atoms. The van der Waals surface area contributed by atoms with Crippen LogP contribution in [0.2, 0.25) is 0 Å². The SMILES string of the molecule is C[C@H](CCC(c1ccccc1)c1ccccc1)[C@@H]1CC[C@@H]2[C@@H]3CC[C@@H]4C[C@H](O)CC[C@@]4(C)C3=CC[C@@]21C. The fourth-order valence-corrected chi connectivity index (χ4v) is 10.0. The summed E-state index contributed by atoms with van der Waals surface area (Å²) < 4.78 is 0.